The number of carbonyl (C=O) groups excluding carboxylic acids is 1. The smallest absolute Gasteiger partial charge is 0.238 e. The minimum atomic E-state index is -0.0309. The number of hydrogen-bond acceptors (Lipinski definition) is 2. The largest absolute Gasteiger partial charge is 0.325 e. The van der Waals surface area contributed by atoms with E-state index in [4.69, 9.17) is 11.6 Å². The highest BCUT2D eigenvalue weighted by Crippen LogP contribution is 2.67. The lowest BCUT2D eigenvalue weighted by molar-refractivity contribution is -0.115. The lowest BCUT2D eigenvalue weighted by Gasteiger charge is -2.10. The maximum atomic E-state index is 12.0. The van der Waals surface area contributed by atoms with Crippen molar-refractivity contribution in [1.82, 2.24) is 5.32 Å². The molecular weight excluding hydrogens is 284 g/mol. The number of nitrogens with one attached hydrogen (secondary N) is 2. The summed E-state index contributed by atoms with van der Waals surface area (Å²) in [4.78, 5) is 12.0. The monoisotopic (exact) mass is 308 g/mol. The van der Waals surface area contributed by atoms with Crippen molar-refractivity contribution >= 4 is 23.2 Å². The van der Waals surface area contributed by atoms with Crippen LogP contribution in [0, 0.1) is 23.7 Å². The SMILES string of the molecule is Cc1ccc(Cl)cc1NC(=O)CNCC1C(C)(C)C1(C)C. The maximum Gasteiger partial charge on any atom is 0.238 e. The fourth-order valence-corrected chi connectivity index (χ4v) is 3.27. The van der Waals surface area contributed by atoms with Crippen LogP contribution in [0.3, 0.4) is 0 Å². The molecule has 0 aliphatic heterocycles. The summed E-state index contributed by atoms with van der Waals surface area (Å²) < 4.78 is 0. The molecule has 0 aromatic heterocycles. The van der Waals surface area contributed by atoms with Crippen molar-refractivity contribution in [2.45, 2.75) is 34.6 Å². The summed E-state index contributed by atoms with van der Waals surface area (Å²) in [7, 11) is 0. The van der Waals surface area contributed by atoms with Crippen LogP contribution in [0.1, 0.15) is 33.3 Å². The lowest BCUT2D eigenvalue weighted by atomic mass is 10.0. The minimum Gasteiger partial charge on any atom is -0.325 e. The number of anilines is 1. The number of hydrogen-bond donors (Lipinski definition) is 2. The Morgan fingerprint density at radius 3 is 2.43 bits per heavy atom. The Morgan fingerprint density at radius 2 is 1.86 bits per heavy atom. The summed E-state index contributed by atoms with van der Waals surface area (Å²) in [6, 6.07) is 5.50. The van der Waals surface area contributed by atoms with Crippen molar-refractivity contribution in [3.63, 3.8) is 0 Å². The summed E-state index contributed by atoms with van der Waals surface area (Å²) in [5.41, 5.74) is 2.48. The van der Waals surface area contributed by atoms with E-state index in [1.165, 1.54) is 0 Å². The Bertz CT molecular complexity index is 538. The number of amides is 1. The molecule has 1 fully saturated rings. The van der Waals surface area contributed by atoms with E-state index in [1.54, 1.807) is 6.07 Å². The molecule has 4 heteroatoms. The zero-order chi connectivity index (χ0) is 15.8. The second-order valence-electron chi connectivity index (χ2n) is 7.13. The zero-order valence-electron chi connectivity index (χ0n) is 13.5. The van der Waals surface area contributed by atoms with Gasteiger partial charge in [-0.25, -0.2) is 0 Å². The topological polar surface area (TPSA) is 41.1 Å². The van der Waals surface area contributed by atoms with Crippen LogP contribution in [0.25, 0.3) is 0 Å². The molecule has 1 saturated carbocycles. The lowest BCUT2D eigenvalue weighted by Crippen LogP contribution is -2.30. The first-order chi connectivity index (χ1) is 9.66. The molecule has 1 aliphatic carbocycles. The molecule has 1 aliphatic rings. The molecule has 21 heavy (non-hydrogen) atoms. The van der Waals surface area contributed by atoms with Gasteiger partial charge in [-0.15, -0.1) is 0 Å². The molecular formula is C17H25ClN2O. The van der Waals surface area contributed by atoms with Crippen LogP contribution in [0.4, 0.5) is 5.69 Å². The molecule has 2 rings (SSSR count). The van der Waals surface area contributed by atoms with Crippen molar-refractivity contribution in [2.75, 3.05) is 18.4 Å². The average molecular weight is 309 g/mol. The first-order valence-electron chi connectivity index (χ1n) is 7.43. The van der Waals surface area contributed by atoms with Crippen LogP contribution in [-0.2, 0) is 4.79 Å². The average Bonchev–Trinajstić information content (AvgIpc) is 2.76. The van der Waals surface area contributed by atoms with Gasteiger partial charge in [0, 0.05) is 10.7 Å². The molecule has 1 amide bonds. The van der Waals surface area contributed by atoms with Crippen LogP contribution < -0.4 is 10.6 Å². The Hall–Kier alpha value is -1.06. The van der Waals surface area contributed by atoms with E-state index in [1.807, 2.05) is 19.1 Å². The number of carbonyl (C=O) groups is 1. The third-order valence-electron chi connectivity index (χ3n) is 5.43. The van der Waals surface area contributed by atoms with E-state index in [0.29, 0.717) is 28.3 Å². The first kappa shape index (κ1) is 16.3. The summed E-state index contributed by atoms with van der Waals surface area (Å²) in [6.07, 6.45) is 0. The Kier molecular flexibility index (Phi) is 4.36. The second kappa shape index (κ2) is 5.62. The van der Waals surface area contributed by atoms with Gasteiger partial charge in [0.15, 0.2) is 0 Å². The molecule has 0 heterocycles. The minimum absolute atomic E-state index is 0.0309. The molecule has 0 spiro atoms. The Balaban J connectivity index is 1.80. The van der Waals surface area contributed by atoms with Crippen LogP contribution in [0.2, 0.25) is 5.02 Å². The highest BCUT2D eigenvalue weighted by atomic mass is 35.5. The van der Waals surface area contributed by atoms with Crippen LogP contribution >= 0.6 is 11.6 Å². The number of halogens is 1. The van der Waals surface area contributed by atoms with Gasteiger partial charge in [0.2, 0.25) is 5.91 Å². The van der Waals surface area contributed by atoms with E-state index < -0.39 is 0 Å². The normalized spacial score (nSPS) is 19.3. The van der Waals surface area contributed by atoms with E-state index in [-0.39, 0.29) is 5.91 Å². The summed E-state index contributed by atoms with van der Waals surface area (Å²) in [6.45, 7) is 12.3. The number of rotatable bonds is 5. The Labute approximate surface area is 132 Å². The standard InChI is InChI=1S/C17H25ClN2O/c1-11-6-7-12(18)8-13(11)20-15(21)10-19-9-14-16(2,3)17(14,4)5/h6-8,14,19H,9-10H2,1-5H3,(H,20,21). The van der Waals surface area contributed by atoms with Gasteiger partial charge in [-0.05, 0) is 47.9 Å². The van der Waals surface area contributed by atoms with Crippen molar-refractivity contribution < 1.29 is 4.79 Å². The van der Waals surface area contributed by atoms with Crippen LogP contribution in [0.5, 0.6) is 0 Å². The molecule has 3 nitrogen and oxygen atoms in total. The molecule has 0 bridgehead atoms. The van der Waals surface area contributed by atoms with Gasteiger partial charge in [-0.2, -0.15) is 0 Å². The van der Waals surface area contributed by atoms with Gasteiger partial charge in [-0.3, -0.25) is 4.79 Å². The van der Waals surface area contributed by atoms with Gasteiger partial charge >= 0.3 is 0 Å². The molecule has 2 N–H and O–H groups in total. The number of aryl methyl sites for hydroxylation is 1. The van der Waals surface area contributed by atoms with Crippen LogP contribution in [0.15, 0.2) is 18.2 Å². The fraction of sp³-hybridized carbons (Fsp3) is 0.588. The third-order valence-corrected chi connectivity index (χ3v) is 5.66. The molecule has 1 aromatic carbocycles. The zero-order valence-corrected chi connectivity index (χ0v) is 14.3. The van der Waals surface area contributed by atoms with E-state index in [0.717, 1.165) is 17.8 Å². The van der Waals surface area contributed by atoms with Gasteiger partial charge in [0.1, 0.15) is 0 Å². The quantitative estimate of drug-likeness (QED) is 0.867. The van der Waals surface area contributed by atoms with Gasteiger partial charge in [0.25, 0.3) is 0 Å². The highest BCUT2D eigenvalue weighted by Gasteiger charge is 2.63. The summed E-state index contributed by atoms with van der Waals surface area (Å²) in [5.74, 6) is 0.585. The summed E-state index contributed by atoms with van der Waals surface area (Å²) in [5, 5.41) is 6.80. The number of benzene rings is 1. The van der Waals surface area contributed by atoms with Gasteiger partial charge < -0.3 is 10.6 Å². The van der Waals surface area contributed by atoms with Crippen molar-refractivity contribution in [2.24, 2.45) is 16.7 Å². The fourth-order valence-electron chi connectivity index (χ4n) is 3.10. The van der Waals surface area contributed by atoms with E-state index in [9.17, 15) is 4.79 Å². The molecule has 0 radical (unpaired) electrons. The van der Waals surface area contributed by atoms with Gasteiger partial charge in [0.05, 0.1) is 6.54 Å². The van der Waals surface area contributed by atoms with Crippen molar-refractivity contribution in [3.05, 3.63) is 28.8 Å². The van der Waals surface area contributed by atoms with Gasteiger partial charge in [-0.1, -0.05) is 45.4 Å². The van der Waals surface area contributed by atoms with Crippen molar-refractivity contribution in [1.29, 1.82) is 0 Å². The molecule has 1 aromatic rings. The molecule has 0 unspecified atom stereocenters. The molecule has 0 saturated heterocycles. The van der Waals surface area contributed by atoms with Crippen LogP contribution in [-0.4, -0.2) is 19.0 Å². The maximum absolute atomic E-state index is 12.0. The third kappa shape index (κ3) is 3.24. The first-order valence-corrected chi connectivity index (χ1v) is 7.81. The predicted octanol–water partition coefficient (Wildman–Crippen LogP) is 3.86. The second-order valence-corrected chi connectivity index (χ2v) is 7.57. The van der Waals surface area contributed by atoms with E-state index in [2.05, 4.69) is 38.3 Å². The molecule has 116 valence electrons. The predicted molar refractivity (Wildman–Crippen MR) is 88.7 cm³/mol. The van der Waals surface area contributed by atoms with E-state index >= 15 is 0 Å². The molecule has 0 atom stereocenters. The Morgan fingerprint density at radius 1 is 1.24 bits per heavy atom. The van der Waals surface area contributed by atoms with Crippen molar-refractivity contribution in [3.8, 4) is 0 Å². The summed E-state index contributed by atoms with van der Waals surface area (Å²) >= 11 is 5.95. The highest BCUT2D eigenvalue weighted by molar-refractivity contribution is 6.31.